The van der Waals surface area contributed by atoms with Crippen molar-refractivity contribution in [2.24, 2.45) is 0 Å². The van der Waals surface area contributed by atoms with Crippen molar-refractivity contribution in [3.63, 3.8) is 0 Å². The van der Waals surface area contributed by atoms with Crippen LogP contribution in [0.25, 0.3) is 11.4 Å². The Labute approximate surface area is 110 Å². The van der Waals surface area contributed by atoms with Crippen LogP contribution in [0.5, 0.6) is 0 Å². The Morgan fingerprint density at radius 1 is 1.37 bits per heavy atom. The van der Waals surface area contributed by atoms with Crippen LogP contribution in [0, 0.1) is 12.7 Å². The summed E-state index contributed by atoms with van der Waals surface area (Å²) in [6, 6.07) is 3.20. The topological polar surface area (TPSA) is 69.6 Å². The molecule has 1 aliphatic rings. The third kappa shape index (κ3) is 1.78. The Balaban J connectivity index is 2.16. The van der Waals surface area contributed by atoms with E-state index in [-0.39, 0.29) is 11.4 Å². The number of aryl methyl sites for hydroxylation is 1. The number of hydrogen-bond donors (Lipinski definition) is 1. The SMILES string of the molecule is Cc1cc(N)cc(-c2nnnn2C2(C)CCC2)c1F. The number of nitrogens with zero attached hydrogens (tertiary/aromatic N) is 4. The van der Waals surface area contributed by atoms with E-state index in [0.29, 0.717) is 22.6 Å². The second-order valence-electron chi connectivity index (χ2n) is 5.46. The van der Waals surface area contributed by atoms with Gasteiger partial charge in [0.2, 0.25) is 0 Å². The lowest BCUT2D eigenvalue weighted by atomic mass is 9.78. The predicted molar refractivity (Wildman–Crippen MR) is 69.9 cm³/mol. The molecule has 0 bridgehead atoms. The van der Waals surface area contributed by atoms with E-state index < -0.39 is 0 Å². The molecule has 19 heavy (non-hydrogen) atoms. The number of halogens is 1. The van der Waals surface area contributed by atoms with Crippen molar-refractivity contribution >= 4 is 5.69 Å². The van der Waals surface area contributed by atoms with Gasteiger partial charge < -0.3 is 5.73 Å². The van der Waals surface area contributed by atoms with Crippen LogP contribution >= 0.6 is 0 Å². The van der Waals surface area contributed by atoms with Crippen molar-refractivity contribution in [3.05, 3.63) is 23.5 Å². The van der Waals surface area contributed by atoms with E-state index in [2.05, 4.69) is 22.4 Å². The molecule has 0 spiro atoms. The lowest BCUT2D eigenvalue weighted by Gasteiger charge is -2.38. The molecule has 1 aromatic heterocycles. The van der Waals surface area contributed by atoms with Crippen LogP contribution in [0.2, 0.25) is 0 Å². The van der Waals surface area contributed by atoms with E-state index in [1.54, 1.807) is 23.7 Å². The summed E-state index contributed by atoms with van der Waals surface area (Å²) >= 11 is 0. The summed E-state index contributed by atoms with van der Waals surface area (Å²) in [6.45, 7) is 3.78. The molecule has 1 fully saturated rings. The van der Waals surface area contributed by atoms with Crippen molar-refractivity contribution in [1.29, 1.82) is 0 Å². The minimum atomic E-state index is -0.312. The van der Waals surface area contributed by atoms with E-state index in [1.807, 2.05) is 0 Å². The molecule has 1 heterocycles. The van der Waals surface area contributed by atoms with E-state index >= 15 is 0 Å². The normalized spacial score (nSPS) is 17.2. The molecule has 1 saturated carbocycles. The van der Waals surface area contributed by atoms with Crippen LogP contribution in [0.1, 0.15) is 31.7 Å². The molecule has 1 aliphatic carbocycles. The number of nitrogens with two attached hydrogens (primary N) is 1. The van der Waals surface area contributed by atoms with Crippen molar-refractivity contribution in [3.8, 4) is 11.4 Å². The quantitative estimate of drug-likeness (QED) is 0.842. The second-order valence-corrected chi connectivity index (χ2v) is 5.46. The number of aromatic nitrogens is 4. The van der Waals surface area contributed by atoms with Crippen LogP contribution in [0.15, 0.2) is 12.1 Å². The Hall–Kier alpha value is -1.98. The number of hydrogen-bond acceptors (Lipinski definition) is 4. The first-order valence-corrected chi connectivity index (χ1v) is 6.36. The molecule has 5 nitrogen and oxygen atoms in total. The molecular weight excluding hydrogens is 245 g/mol. The fourth-order valence-corrected chi connectivity index (χ4v) is 2.58. The van der Waals surface area contributed by atoms with Gasteiger partial charge in [-0.15, -0.1) is 5.10 Å². The average Bonchev–Trinajstić information content (AvgIpc) is 2.80. The molecule has 0 unspecified atom stereocenters. The van der Waals surface area contributed by atoms with Gasteiger partial charge >= 0.3 is 0 Å². The van der Waals surface area contributed by atoms with Gasteiger partial charge in [0.1, 0.15) is 5.82 Å². The van der Waals surface area contributed by atoms with Gasteiger partial charge in [-0.1, -0.05) is 0 Å². The number of rotatable bonds is 2. The molecule has 2 aromatic rings. The number of benzene rings is 1. The first kappa shape index (κ1) is 12.1. The Kier molecular flexibility index (Phi) is 2.55. The minimum Gasteiger partial charge on any atom is -0.399 e. The predicted octanol–water partition coefficient (Wildman–Crippen LogP) is 2.27. The van der Waals surface area contributed by atoms with Crippen molar-refractivity contribution in [2.75, 3.05) is 5.73 Å². The van der Waals surface area contributed by atoms with Gasteiger partial charge in [-0.25, -0.2) is 9.07 Å². The molecule has 2 N–H and O–H groups in total. The largest absolute Gasteiger partial charge is 0.399 e. The van der Waals surface area contributed by atoms with Gasteiger partial charge in [-0.3, -0.25) is 0 Å². The van der Waals surface area contributed by atoms with Crippen LogP contribution < -0.4 is 5.73 Å². The Bertz CT molecular complexity index is 630. The summed E-state index contributed by atoms with van der Waals surface area (Å²) < 4.78 is 16.0. The molecule has 1 aromatic carbocycles. The molecule has 6 heteroatoms. The zero-order valence-electron chi connectivity index (χ0n) is 11.0. The molecule has 0 amide bonds. The summed E-state index contributed by atoms with van der Waals surface area (Å²) in [6.07, 6.45) is 3.16. The summed E-state index contributed by atoms with van der Waals surface area (Å²) in [5, 5.41) is 11.7. The van der Waals surface area contributed by atoms with Gasteiger partial charge in [0, 0.05) is 5.69 Å². The average molecular weight is 261 g/mol. The zero-order chi connectivity index (χ0) is 13.6. The first-order valence-electron chi connectivity index (χ1n) is 6.36. The van der Waals surface area contributed by atoms with Gasteiger partial charge in [-0.2, -0.15) is 0 Å². The summed E-state index contributed by atoms with van der Waals surface area (Å²) in [5.74, 6) is 0.142. The third-order valence-electron chi connectivity index (χ3n) is 3.93. The minimum absolute atomic E-state index is 0.107. The maximum atomic E-state index is 14.3. The molecule has 0 aliphatic heterocycles. The maximum absolute atomic E-state index is 14.3. The van der Waals surface area contributed by atoms with Crippen molar-refractivity contribution in [2.45, 2.75) is 38.6 Å². The summed E-state index contributed by atoms with van der Waals surface area (Å²) in [7, 11) is 0. The number of nitrogen functional groups attached to an aromatic ring is 1. The summed E-state index contributed by atoms with van der Waals surface area (Å²) in [5.41, 5.74) is 7.08. The fourth-order valence-electron chi connectivity index (χ4n) is 2.58. The van der Waals surface area contributed by atoms with Crippen molar-refractivity contribution < 1.29 is 4.39 Å². The molecule has 0 atom stereocenters. The number of anilines is 1. The van der Waals surface area contributed by atoms with Crippen LogP contribution in [0.4, 0.5) is 10.1 Å². The Morgan fingerprint density at radius 2 is 2.11 bits per heavy atom. The smallest absolute Gasteiger partial charge is 0.185 e. The highest BCUT2D eigenvalue weighted by Crippen LogP contribution is 2.40. The standard InChI is InChI=1S/C13H16FN5/c1-8-6-9(15)7-10(11(8)14)12-16-17-18-19(12)13(2)4-3-5-13/h6-7H,3-5,15H2,1-2H3. The van der Waals surface area contributed by atoms with Crippen LogP contribution in [-0.4, -0.2) is 20.2 Å². The molecule has 100 valence electrons. The lowest BCUT2D eigenvalue weighted by Crippen LogP contribution is -2.38. The highest BCUT2D eigenvalue weighted by atomic mass is 19.1. The van der Waals surface area contributed by atoms with E-state index in [4.69, 9.17) is 5.73 Å². The van der Waals surface area contributed by atoms with Crippen molar-refractivity contribution in [1.82, 2.24) is 20.2 Å². The van der Waals surface area contributed by atoms with Gasteiger partial charge in [0.05, 0.1) is 11.1 Å². The zero-order valence-corrected chi connectivity index (χ0v) is 11.0. The Morgan fingerprint density at radius 3 is 2.74 bits per heavy atom. The maximum Gasteiger partial charge on any atom is 0.185 e. The molecule has 0 radical (unpaired) electrons. The van der Waals surface area contributed by atoms with E-state index in [1.165, 1.54) is 0 Å². The van der Waals surface area contributed by atoms with Crippen LogP contribution in [-0.2, 0) is 5.54 Å². The first-order chi connectivity index (χ1) is 9.01. The number of tetrazole rings is 1. The molecule has 3 rings (SSSR count). The monoisotopic (exact) mass is 261 g/mol. The lowest BCUT2D eigenvalue weighted by molar-refractivity contribution is 0.148. The van der Waals surface area contributed by atoms with Gasteiger partial charge in [0.15, 0.2) is 5.82 Å². The van der Waals surface area contributed by atoms with Crippen LogP contribution in [0.3, 0.4) is 0 Å². The highest BCUT2D eigenvalue weighted by Gasteiger charge is 2.37. The molecule has 0 saturated heterocycles. The second kappa shape index (κ2) is 4.01. The van der Waals surface area contributed by atoms with Gasteiger partial charge in [0.25, 0.3) is 0 Å². The van der Waals surface area contributed by atoms with E-state index in [9.17, 15) is 4.39 Å². The fraction of sp³-hybridized carbons (Fsp3) is 0.462. The third-order valence-corrected chi connectivity index (χ3v) is 3.93. The van der Waals surface area contributed by atoms with E-state index in [0.717, 1.165) is 19.3 Å². The van der Waals surface area contributed by atoms with Gasteiger partial charge in [-0.05, 0) is 61.2 Å². The summed E-state index contributed by atoms with van der Waals surface area (Å²) in [4.78, 5) is 0. The molecular formula is C13H16FN5. The highest BCUT2D eigenvalue weighted by molar-refractivity contribution is 5.63.